The highest BCUT2D eigenvalue weighted by molar-refractivity contribution is 7.88. The Hall–Kier alpha value is -2.45. The Morgan fingerprint density at radius 2 is 1.53 bits per heavy atom. The third-order valence-electron chi connectivity index (χ3n) is 6.34. The molecule has 6 nitrogen and oxygen atoms in total. The first-order valence-electron chi connectivity index (χ1n) is 11.3. The highest BCUT2D eigenvalue weighted by Gasteiger charge is 2.31. The molecule has 0 unspecified atom stereocenters. The topological polar surface area (TPSA) is 69.7 Å². The van der Waals surface area contributed by atoms with Gasteiger partial charge in [0.25, 0.3) is 0 Å². The Balaban J connectivity index is 1.28. The van der Waals surface area contributed by atoms with E-state index < -0.39 is 10.0 Å². The third kappa shape index (κ3) is 5.66. The van der Waals surface area contributed by atoms with Gasteiger partial charge in [0.1, 0.15) is 5.82 Å². The lowest BCUT2D eigenvalue weighted by atomic mass is 9.97. The van der Waals surface area contributed by atoms with Crippen LogP contribution in [0.15, 0.2) is 48.5 Å². The second-order valence-corrected chi connectivity index (χ2v) is 10.6. The maximum absolute atomic E-state index is 13.1. The number of hydrogen-bond acceptors (Lipinski definition) is 4. The molecule has 1 N–H and O–H groups in total. The number of sulfonamides is 1. The molecule has 1 amide bonds. The van der Waals surface area contributed by atoms with Crippen LogP contribution in [-0.4, -0.2) is 44.8 Å². The van der Waals surface area contributed by atoms with E-state index >= 15 is 0 Å². The predicted molar refractivity (Wildman–Crippen MR) is 124 cm³/mol. The number of nitrogens with zero attached hydrogens (tertiary/aromatic N) is 2. The molecule has 32 heavy (non-hydrogen) atoms. The van der Waals surface area contributed by atoms with Crippen molar-refractivity contribution in [1.29, 1.82) is 0 Å². The molecule has 2 fully saturated rings. The number of carbonyl (C=O) groups is 1. The van der Waals surface area contributed by atoms with Crippen LogP contribution in [0.1, 0.15) is 37.7 Å². The van der Waals surface area contributed by atoms with Crippen molar-refractivity contribution in [1.82, 2.24) is 4.31 Å². The minimum atomic E-state index is -3.50. The number of carbonyl (C=O) groups excluding carboxylic acids is 1. The molecule has 0 bridgehead atoms. The summed E-state index contributed by atoms with van der Waals surface area (Å²) in [5, 5.41) is 2.98. The molecule has 0 atom stereocenters. The molecule has 0 saturated carbocycles. The molecule has 0 aliphatic carbocycles. The normalized spacial score (nSPS) is 18.5. The van der Waals surface area contributed by atoms with Gasteiger partial charge >= 0.3 is 0 Å². The van der Waals surface area contributed by atoms with Crippen molar-refractivity contribution in [3.8, 4) is 0 Å². The van der Waals surface area contributed by atoms with Gasteiger partial charge in [-0.2, -0.15) is 0 Å². The number of halogens is 1. The van der Waals surface area contributed by atoms with Gasteiger partial charge in [0.15, 0.2) is 0 Å². The van der Waals surface area contributed by atoms with Gasteiger partial charge in [0.2, 0.25) is 15.9 Å². The molecule has 8 heteroatoms. The maximum atomic E-state index is 13.1. The Labute approximate surface area is 189 Å². The summed E-state index contributed by atoms with van der Waals surface area (Å²) in [5.41, 5.74) is 2.50. The van der Waals surface area contributed by atoms with Crippen molar-refractivity contribution in [2.75, 3.05) is 36.4 Å². The fraction of sp³-hybridized carbons (Fsp3) is 0.458. The predicted octanol–water partition coefficient (Wildman–Crippen LogP) is 4.00. The number of anilines is 2. The molecule has 4 rings (SSSR count). The van der Waals surface area contributed by atoms with Crippen LogP contribution in [0.2, 0.25) is 0 Å². The summed E-state index contributed by atoms with van der Waals surface area (Å²) in [4.78, 5) is 15.1. The molecular weight excluding hydrogens is 429 g/mol. The molecular formula is C24H30FN3O3S. The van der Waals surface area contributed by atoms with Crippen LogP contribution in [0.5, 0.6) is 0 Å². The first-order valence-corrected chi connectivity index (χ1v) is 12.9. The molecule has 0 radical (unpaired) electrons. The van der Waals surface area contributed by atoms with Crippen molar-refractivity contribution in [2.24, 2.45) is 5.92 Å². The SMILES string of the molecule is O=C(Nc1ccc(N2CCCCC2)cc1)C1CCN(S(=O)(=O)Cc2ccc(F)cc2)CC1. The monoisotopic (exact) mass is 459 g/mol. The van der Waals surface area contributed by atoms with E-state index in [0.717, 1.165) is 18.8 Å². The summed E-state index contributed by atoms with van der Waals surface area (Å²) in [6, 6.07) is 13.5. The van der Waals surface area contributed by atoms with Crippen LogP contribution in [0, 0.1) is 11.7 Å². The molecule has 2 aliphatic heterocycles. The highest BCUT2D eigenvalue weighted by atomic mass is 32.2. The quantitative estimate of drug-likeness (QED) is 0.709. The Morgan fingerprint density at radius 3 is 2.16 bits per heavy atom. The van der Waals surface area contributed by atoms with E-state index in [2.05, 4.69) is 10.2 Å². The summed E-state index contributed by atoms with van der Waals surface area (Å²) >= 11 is 0. The van der Waals surface area contributed by atoms with Crippen LogP contribution >= 0.6 is 0 Å². The molecule has 2 heterocycles. The second kappa shape index (κ2) is 10.0. The lowest BCUT2D eigenvalue weighted by Crippen LogP contribution is -2.41. The van der Waals surface area contributed by atoms with Crippen molar-refractivity contribution >= 4 is 27.3 Å². The standard InChI is InChI=1S/C24H30FN3O3S/c25-21-6-4-19(5-7-21)18-32(30,31)28-16-12-20(13-17-28)24(29)26-22-8-10-23(11-9-22)27-14-2-1-3-15-27/h4-11,20H,1-3,12-18H2,(H,26,29). The van der Waals surface area contributed by atoms with Gasteiger partial charge in [-0.25, -0.2) is 17.1 Å². The smallest absolute Gasteiger partial charge is 0.227 e. The van der Waals surface area contributed by atoms with Gasteiger partial charge in [0, 0.05) is 43.5 Å². The fourth-order valence-corrected chi connectivity index (χ4v) is 5.99. The fourth-order valence-electron chi connectivity index (χ4n) is 4.43. The largest absolute Gasteiger partial charge is 0.372 e. The molecule has 2 aromatic rings. The lowest BCUT2D eigenvalue weighted by molar-refractivity contribution is -0.120. The summed E-state index contributed by atoms with van der Waals surface area (Å²) in [6.07, 6.45) is 4.70. The van der Waals surface area contributed by atoms with E-state index in [0.29, 0.717) is 31.5 Å². The number of nitrogens with one attached hydrogen (secondary N) is 1. The van der Waals surface area contributed by atoms with E-state index in [1.54, 1.807) is 0 Å². The first-order chi connectivity index (χ1) is 15.4. The number of rotatable bonds is 6. The van der Waals surface area contributed by atoms with E-state index in [-0.39, 0.29) is 23.4 Å². The van der Waals surface area contributed by atoms with Crippen LogP contribution in [0.25, 0.3) is 0 Å². The average molecular weight is 460 g/mol. The Kier molecular flexibility index (Phi) is 7.10. The second-order valence-electron chi connectivity index (χ2n) is 8.64. The number of amides is 1. The van der Waals surface area contributed by atoms with Gasteiger partial charge in [-0.15, -0.1) is 0 Å². The summed E-state index contributed by atoms with van der Waals surface area (Å²) in [7, 11) is -3.50. The van der Waals surface area contributed by atoms with Crippen molar-refractivity contribution in [2.45, 2.75) is 37.9 Å². The van der Waals surface area contributed by atoms with Gasteiger partial charge in [-0.05, 0) is 74.1 Å². The van der Waals surface area contributed by atoms with Crippen LogP contribution < -0.4 is 10.2 Å². The van der Waals surface area contributed by atoms with E-state index in [9.17, 15) is 17.6 Å². The third-order valence-corrected chi connectivity index (χ3v) is 8.19. The van der Waals surface area contributed by atoms with Crippen molar-refractivity contribution < 1.29 is 17.6 Å². The summed E-state index contributed by atoms with van der Waals surface area (Å²) < 4.78 is 39.9. The molecule has 0 aromatic heterocycles. The van der Waals surface area contributed by atoms with Crippen LogP contribution in [-0.2, 0) is 20.6 Å². The van der Waals surface area contributed by atoms with Gasteiger partial charge < -0.3 is 10.2 Å². The zero-order chi connectivity index (χ0) is 22.6. The first kappa shape index (κ1) is 22.7. The van der Waals surface area contributed by atoms with E-state index in [1.165, 1.54) is 53.5 Å². The molecule has 2 aliphatic rings. The van der Waals surface area contributed by atoms with Crippen molar-refractivity contribution in [3.05, 3.63) is 59.9 Å². The Bertz CT molecular complexity index is 1010. The molecule has 0 spiro atoms. The minimum Gasteiger partial charge on any atom is -0.372 e. The van der Waals surface area contributed by atoms with E-state index in [4.69, 9.17) is 0 Å². The highest BCUT2D eigenvalue weighted by Crippen LogP contribution is 2.25. The van der Waals surface area contributed by atoms with Gasteiger partial charge in [-0.1, -0.05) is 12.1 Å². The van der Waals surface area contributed by atoms with Crippen LogP contribution in [0.3, 0.4) is 0 Å². The van der Waals surface area contributed by atoms with E-state index in [1.807, 2.05) is 24.3 Å². The number of hydrogen-bond donors (Lipinski definition) is 1. The zero-order valence-electron chi connectivity index (χ0n) is 18.2. The van der Waals surface area contributed by atoms with Gasteiger partial charge in [-0.3, -0.25) is 4.79 Å². The zero-order valence-corrected chi connectivity index (χ0v) is 19.0. The summed E-state index contributed by atoms with van der Waals surface area (Å²) in [5.74, 6) is -0.826. The van der Waals surface area contributed by atoms with Gasteiger partial charge in [0.05, 0.1) is 5.75 Å². The molecule has 2 saturated heterocycles. The Morgan fingerprint density at radius 1 is 0.906 bits per heavy atom. The molecule has 2 aromatic carbocycles. The average Bonchev–Trinajstić information content (AvgIpc) is 2.81. The lowest BCUT2D eigenvalue weighted by Gasteiger charge is -2.31. The molecule has 172 valence electrons. The van der Waals surface area contributed by atoms with Crippen molar-refractivity contribution in [3.63, 3.8) is 0 Å². The van der Waals surface area contributed by atoms with Crippen LogP contribution in [0.4, 0.5) is 15.8 Å². The minimum absolute atomic E-state index is 0.0636. The number of piperidine rings is 2. The number of benzene rings is 2. The summed E-state index contributed by atoms with van der Waals surface area (Å²) in [6.45, 7) is 2.79. The maximum Gasteiger partial charge on any atom is 0.227 e.